The predicted octanol–water partition coefficient (Wildman–Crippen LogP) is 3.61. The van der Waals surface area contributed by atoms with Gasteiger partial charge in [-0.05, 0) is 62.1 Å². The molecule has 0 amide bonds. The molecular weight excluding hydrogens is 268 g/mol. The van der Waals surface area contributed by atoms with E-state index in [4.69, 9.17) is 5.21 Å². The minimum Gasteiger partial charge on any atom is -0.411 e. The molecule has 1 aliphatic heterocycles. The van der Waals surface area contributed by atoms with Crippen LogP contribution in [0.5, 0.6) is 0 Å². The molecule has 0 aromatic carbocycles. The molecule has 0 unspecified atom stereocenters. The van der Waals surface area contributed by atoms with Crippen molar-refractivity contribution >= 4 is 29.5 Å². The summed E-state index contributed by atoms with van der Waals surface area (Å²) in [6.07, 6.45) is 6.00. The lowest BCUT2D eigenvalue weighted by Crippen LogP contribution is -2.30. The number of hydrogen-bond donors (Lipinski definition) is 1. The van der Waals surface area contributed by atoms with Crippen molar-refractivity contribution in [3.8, 4) is 0 Å². The molecule has 0 bridgehead atoms. The van der Waals surface area contributed by atoms with Crippen molar-refractivity contribution in [1.82, 2.24) is 4.90 Å². The van der Waals surface area contributed by atoms with Crippen molar-refractivity contribution in [3.05, 3.63) is 22.4 Å². The van der Waals surface area contributed by atoms with Crippen LogP contribution in [-0.2, 0) is 0 Å². The van der Waals surface area contributed by atoms with Crippen molar-refractivity contribution in [2.24, 2.45) is 5.16 Å². The third-order valence-electron chi connectivity index (χ3n) is 3.31. The van der Waals surface area contributed by atoms with E-state index in [0.29, 0.717) is 0 Å². The molecule has 1 saturated heterocycles. The summed E-state index contributed by atoms with van der Waals surface area (Å²) in [5.41, 5.74) is 1.89. The molecule has 2 heterocycles. The standard InChI is InChI=1S/C13H20N2OS.ClH/c16-14-13(12-6-10-17-11-12)5-4-9-15-7-2-1-3-8-15;/h6,10-11,16H,1-5,7-9H2;1H/b14-13-;. The van der Waals surface area contributed by atoms with Gasteiger partial charge in [0.15, 0.2) is 0 Å². The van der Waals surface area contributed by atoms with E-state index in [1.54, 1.807) is 11.3 Å². The largest absolute Gasteiger partial charge is 0.411 e. The van der Waals surface area contributed by atoms with E-state index in [9.17, 15) is 0 Å². The summed E-state index contributed by atoms with van der Waals surface area (Å²) in [4.78, 5) is 2.52. The van der Waals surface area contributed by atoms with Crippen LogP contribution in [0.15, 0.2) is 22.0 Å². The van der Waals surface area contributed by atoms with Crippen LogP contribution in [-0.4, -0.2) is 35.5 Å². The number of piperidine rings is 1. The van der Waals surface area contributed by atoms with E-state index >= 15 is 0 Å². The van der Waals surface area contributed by atoms with E-state index in [2.05, 4.69) is 10.1 Å². The van der Waals surface area contributed by atoms with Crippen LogP contribution in [0.2, 0.25) is 0 Å². The Morgan fingerprint density at radius 2 is 2.11 bits per heavy atom. The maximum Gasteiger partial charge on any atom is 0.0876 e. The zero-order chi connectivity index (χ0) is 11.9. The van der Waals surface area contributed by atoms with Crippen LogP contribution in [0.3, 0.4) is 0 Å². The molecule has 1 aromatic rings. The monoisotopic (exact) mass is 288 g/mol. The van der Waals surface area contributed by atoms with Gasteiger partial charge in [0.1, 0.15) is 0 Å². The Kier molecular flexibility index (Phi) is 7.32. The van der Waals surface area contributed by atoms with Crippen LogP contribution < -0.4 is 0 Å². The first kappa shape index (κ1) is 15.5. The fraction of sp³-hybridized carbons (Fsp3) is 0.615. The maximum absolute atomic E-state index is 9.01. The predicted molar refractivity (Wildman–Crippen MR) is 79.4 cm³/mol. The number of nitrogens with zero attached hydrogens (tertiary/aromatic N) is 2. The van der Waals surface area contributed by atoms with Gasteiger partial charge >= 0.3 is 0 Å². The summed E-state index contributed by atoms with van der Waals surface area (Å²) in [6.45, 7) is 3.61. The SMILES string of the molecule is Cl.O/N=C(/CCCN1CCCCC1)c1ccsc1. The van der Waals surface area contributed by atoms with Gasteiger partial charge in [-0.3, -0.25) is 0 Å². The van der Waals surface area contributed by atoms with Crippen LogP contribution in [0, 0.1) is 0 Å². The highest BCUT2D eigenvalue weighted by molar-refractivity contribution is 7.08. The molecule has 1 aromatic heterocycles. The van der Waals surface area contributed by atoms with Gasteiger partial charge < -0.3 is 10.1 Å². The van der Waals surface area contributed by atoms with Gasteiger partial charge in [-0.2, -0.15) is 11.3 Å². The molecule has 0 atom stereocenters. The number of hydrogen-bond acceptors (Lipinski definition) is 4. The van der Waals surface area contributed by atoms with Crippen LogP contribution >= 0.6 is 23.7 Å². The highest BCUT2D eigenvalue weighted by Gasteiger charge is 2.10. The fourth-order valence-corrected chi connectivity index (χ4v) is 3.00. The van der Waals surface area contributed by atoms with E-state index in [1.165, 1.54) is 32.4 Å². The summed E-state index contributed by atoms with van der Waals surface area (Å²) in [7, 11) is 0. The van der Waals surface area contributed by atoms with Crippen molar-refractivity contribution in [2.75, 3.05) is 19.6 Å². The Labute approximate surface area is 119 Å². The average Bonchev–Trinajstić information content (AvgIpc) is 2.90. The van der Waals surface area contributed by atoms with Crippen LogP contribution in [0.1, 0.15) is 37.7 Å². The summed E-state index contributed by atoms with van der Waals surface area (Å²) >= 11 is 1.64. The molecule has 102 valence electrons. The lowest BCUT2D eigenvalue weighted by Gasteiger charge is -2.26. The Hall–Kier alpha value is -0.580. The molecule has 1 fully saturated rings. The van der Waals surface area contributed by atoms with Crippen LogP contribution in [0.4, 0.5) is 0 Å². The highest BCUT2D eigenvalue weighted by Crippen LogP contribution is 2.13. The third-order valence-corrected chi connectivity index (χ3v) is 3.99. The number of rotatable bonds is 5. The minimum atomic E-state index is 0. The second kappa shape index (κ2) is 8.51. The highest BCUT2D eigenvalue weighted by atomic mass is 35.5. The summed E-state index contributed by atoms with van der Waals surface area (Å²) < 4.78 is 0. The zero-order valence-corrected chi connectivity index (χ0v) is 12.2. The minimum absolute atomic E-state index is 0. The molecule has 1 aliphatic rings. The van der Waals surface area contributed by atoms with Crippen molar-refractivity contribution in [3.63, 3.8) is 0 Å². The zero-order valence-electron chi connectivity index (χ0n) is 10.5. The van der Waals surface area contributed by atoms with E-state index in [-0.39, 0.29) is 12.4 Å². The average molecular weight is 289 g/mol. The first-order valence-electron chi connectivity index (χ1n) is 6.36. The second-order valence-electron chi connectivity index (χ2n) is 4.56. The van der Waals surface area contributed by atoms with Gasteiger partial charge in [-0.15, -0.1) is 12.4 Å². The second-order valence-corrected chi connectivity index (χ2v) is 5.34. The Morgan fingerprint density at radius 1 is 1.33 bits per heavy atom. The molecule has 1 N–H and O–H groups in total. The maximum atomic E-state index is 9.01. The number of likely N-dealkylation sites (tertiary alicyclic amines) is 1. The molecule has 18 heavy (non-hydrogen) atoms. The molecule has 2 rings (SSSR count). The van der Waals surface area contributed by atoms with Gasteiger partial charge in [-0.25, -0.2) is 0 Å². The van der Waals surface area contributed by atoms with Gasteiger partial charge in [0.25, 0.3) is 0 Å². The lowest BCUT2D eigenvalue weighted by molar-refractivity contribution is 0.227. The molecule has 0 aliphatic carbocycles. The van der Waals surface area contributed by atoms with E-state index in [1.807, 2.05) is 16.8 Å². The molecule has 0 spiro atoms. The lowest BCUT2D eigenvalue weighted by atomic mass is 10.1. The van der Waals surface area contributed by atoms with E-state index in [0.717, 1.165) is 30.7 Å². The molecular formula is C13H21ClN2OS. The van der Waals surface area contributed by atoms with Gasteiger partial charge in [0.2, 0.25) is 0 Å². The van der Waals surface area contributed by atoms with Gasteiger partial charge in [0, 0.05) is 5.56 Å². The summed E-state index contributed by atoms with van der Waals surface area (Å²) in [5.74, 6) is 0. The Morgan fingerprint density at radius 3 is 2.72 bits per heavy atom. The molecule has 3 nitrogen and oxygen atoms in total. The van der Waals surface area contributed by atoms with Crippen molar-refractivity contribution in [2.45, 2.75) is 32.1 Å². The smallest absolute Gasteiger partial charge is 0.0876 e. The quantitative estimate of drug-likeness (QED) is 0.510. The van der Waals surface area contributed by atoms with Crippen LogP contribution in [0.25, 0.3) is 0 Å². The molecule has 5 heteroatoms. The Balaban J connectivity index is 0.00000162. The molecule has 0 saturated carbocycles. The summed E-state index contributed by atoms with van der Waals surface area (Å²) in [5, 5.41) is 16.5. The first-order chi connectivity index (χ1) is 8.40. The normalized spacial score (nSPS) is 17.4. The summed E-state index contributed by atoms with van der Waals surface area (Å²) in [6, 6.07) is 2.01. The van der Waals surface area contributed by atoms with Crippen molar-refractivity contribution in [1.29, 1.82) is 0 Å². The van der Waals surface area contributed by atoms with Gasteiger partial charge in [0.05, 0.1) is 5.71 Å². The van der Waals surface area contributed by atoms with Crippen molar-refractivity contribution < 1.29 is 5.21 Å². The Bertz CT molecular complexity index is 348. The molecule has 0 radical (unpaired) electrons. The fourth-order valence-electron chi connectivity index (χ4n) is 2.33. The third kappa shape index (κ3) is 4.59. The number of thiophene rings is 1. The van der Waals surface area contributed by atoms with Gasteiger partial charge in [-0.1, -0.05) is 11.6 Å². The topological polar surface area (TPSA) is 35.8 Å². The first-order valence-corrected chi connectivity index (χ1v) is 7.30. The number of halogens is 1. The van der Waals surface area contributed by atoms with E-state index < -0.39 is 0 Å². The number of oxime groups is 1.